The number of hydrogen-bond donors (Lipinski definition) is 1. The molecule has 1 aliphatic heterocycles. The van der Waals surface area contributed by atoms with E-state index in [1.165, 1.54) is 0 Å². The molecule has 1 saturated heterocycles. The summed E-state index contributed by atoms with van der Waals surface area (Å²) in [7, 11) is 0. The Morgan fingerprint density at radius 3 is 2.45 bits per heavy atom. The Hall–Kier alpha value is -0.490. The molecule has 1 amide bonds. The van der Waals surface area contributed by atoms with Crippen molar-refractivity contribution in [3.05, 3.63) is 0 Å². The van der Waals surface area contributed by atoms with E-state index in [0.29, 0.717) is 19.4 Å². The maximum Gasteiger partial charge on any atom is 0.391 e. The van der Waals surface area contributed by atoms with E-state index in [1.54, 1.807) is 4.90 Å². The molecule has 2 N–H and O–H groups in total. The Morgan fingerprint density at radius 2 is 1.86 bits per heavy atom. The first-order valence-electron chi connectivity index (χ1n) is 7.93. The minimum Gasteiger partial charge on any atom is -0.338 e. The van der Waals surface area contributed by atoms with Gasteiger partial charge in [-0.15, -0.1) is 12.4 Å². The molecule has 0 bridgehead atoms. The van der Waals surface area contributed by atoms with E-state index in [0.717, 1.165) is 19.3 Å². The topological polar surface area (TPSA) is 46.3 Å². The van der Waals surface area contributed by atoms with Crippen molar-refractivity contribution in [1.82, 2.24) is 4.90 Å². The van der Waals surface area contributed by atoms with Crippen LogP contribution in [0.3, 0.4) is 0 Å². The number of carbonyl (C=O) groups excluding carboxylic acids is 1. The number of alkyl halides is 3. The van der Waals surface area contributed by atoms with Crippen LogP contribution in [-0.2, 0) is 4.79 Å². The molecule has 0 aromatic heterocycles. The Bertz CT molecular complexity index is 376. The first kappa shape index (κ1) is 19.6. The molecule has 0 radical (unpaired) electrons. The zero-order valence-electron chi connectivity index (χ0n) is 12.9. The fraction of sp³-hybridized carbons (Fsp3) is 0.933. The zero-order chi connectivity index (χ0) is 15.6. The van der Waals surface area contributed by atoms with Gasteiger partial charge in [0.2, 0.25) is 5.91 Å². The van der Waals surface area contributed by atoms with Crippen molar-refractivity contribution in [2.24, 2.45) is 17.6 Å². The second-order valence-corrected chi connectivity index (χ2v) is 6.56. The Labute approximate surface area is 136 Å². The lowest BCUT2D eigenvalue weighted by atomic mass is 9.79. The van der Waals surface area contributed by atoms with Crippen molar-refractivity contribution in [2.45, 2.75) is 70.1 Å². The van der Waals surface area contributed by atoms with E-state index in [9.17, 15) is 18.0 Å². The smallest absolute Gasteiger partial charge is 0.338 e. The lowest BCUT2D eigenvalue weighted by Crippen LogP contribution is -2.54. The summed E-state index contributed by atoms with van der Waals surface area (Å²) >= 11 is 0. The quantitative estimate of drug-likeness (QED) is 0.834. The number of likely N-dealkylation sites (tertiary alicyclic amines) is 1. The number of rotatable bonds is 2. The van der Waals surface area contributed by atoms with Crippen LogP contribution in [0.5, 0.6) is 0 Å². The SMILES string of the molecule is CC(N)C1CCCCN1C(=O)C1CCCC(C(F)(F)F)C1.Cl. The van der Waals surface area contributed by atoms with E-state index in [4.69, 9.17) is 5.73 Å². The van der Waals surface area contributed by atoms with Crippen molar-refractivity contribution in [1.29, 1.82) is 0 Å². The lowest BCUT2D eigenvalue weighted by molar-refractivity contribution is -0.187. The first-order valence-corrected chi connectivity index (χ1v) is 7.93. The summed E-state index contributed by atoms with van der Waals surface area (Å²) in [5.41, 5.74) is 5.95. The summed E-state index contributed by atoms with van der Waals surface area (Å²) in [5, 5.41) is 0. The maximum absolute atomic E-state index is 12.9. The number of halogens is 4. The van der Waals surface area contributed by atoms with E-state index in [-0.39, 0.29) is 43.2 Å². The molecule has 3 nitrogen and oxygen atoms in total. The molecule has 4 unspecified atom stereocenters. The number of nitrogens with zero attached hydrogens (tertiary/aromatic N) is 1. The molecule has 0 spiro atoms. The van der Waals surface area contributed by atoms with E-state index < -0.39 is 18.0 Å². The van der Waals surface area contributed by atoms with Gasteiger partial charge in [-0.25, -0.2) is 0 Å². The van der Waals surface area contributed by atoms with Gasteiger partial charge in [0.15, 0.2) is 0 Å². The number of amides is 1. The van der Waals surface area contributed by atoms with Gasteiger partial charge in [0.25, 0.3) is 0 Å². The van der Waals surface area contributed by atoms with Gasteiger partial charge in [-0.1, -0.05) is 6.42 Å². The summed E-state index contributed by atoms with van der Waals surface area (Å²) in [6, 6.07) is -0.145. The van der Waals surface area contributed by atoms with Gasteiger partial charge >= 0.3 is 6.18 Å². The summed E-state index contributed by atoms with van der Waals surface area (Å²) in [5.74, 6) is -1.91. The van der Waals surface area contributed by atoms with Crippen LogP contribution in [0, 0.1) is 11.8 Å². The minimum absolute atomic E-state index is 0. The third kappa shape index (κ3) is 4.51. The molecule has 4 atom stereocenters. The van der Waals surface area contributed by atoms with Crippen LogP contribution in [0.1, 0.15) is 51.9 Å². The molecular formula is C15H26ClF3N2O. The average molecular weight is 343 g/mol. The Morgan fingerprint density at radius 1 is 1.18 bits per heavy atom. The fourth-order valence-corrected chi connectivity index (χ4v) is 3.72. The molecule has 0 aromatic carbocycles. The van der Waals surface area contributed by atoms with E-state index in [2.05, 4.69) is 0 Å². The minimum atomic E-state index is -4.18. The molecule has 7 heteroatoms. The maximum atomic E-state index is 12.9. The molecule has 1 saturated carbocycles. The van der Waals surface area contributed by atoms with Crippen LogP contribution < -0.4 is 5.73 Å². The highest BCUT2D eigenvalue weighted by Gasteiger charge is 2.45. The van der Waals surface area contributed by atoms with Crippen LogP contribution in [0.4, 0.5) is 13.2 Å². The molecule has 1 heterocycles. The van der Waals surface area contributed by atoms with Crippen LogP contribution in [0.25, 0.3) is 0 Å². The molecule has 0 aromatic rings. The summed E-state index contributed by atoms with van der Waals surface area (Å²) in [6.07, 6.45) is -0.199. The molecule has 2 aliphatic rings. The zero-order valence-corrected chi connectivity index (χ0v) is 13.8. The predicted octanol–water partition coefficient (Wildman–Crippen LogP) is 3.51. The van der Waals surface area contributed by atoms with Crippen LogP contribution in [0.15, 0.2) is 0 Å². The van der Waals surface area contributed by atoms with Crippen molar-refractivity contribution < 1.29 is 18.0 Å². The molecule has 2 rings (SSSR count). The highest BCUT2D eigenvalue weighted by Crippen LogP contribution is 2.41. The van der Waals surface area contributed by atoms with Crippen LogP contribution in [0.2, 0.25) is 0 Å². The third-order valence-electron chi connectivity index (χ3n) is 4.93. The van der Waals surface area contributed by atoms with Gasteiger partial charge in [0.05, 0.1) is 5.92 Å². The normalized spacial score (nSPS) is 31.3. The molecule has 130 valence electrons. The van der Waals surface area contributed by atoms with Gasteiger partial charge in [-0.3, -0.25) is 4.79 Å². The van der Waals surface area contributed by atoms with E-state index in [1.807, 2.05) is 6.92 Å². The Balaban J connectivity index is 0.00000242. The largest absolute Gasteiger partial charge is 0.391 e. The summed E-state index contributed by atoms with van der Waals surface area (Å²) in [6.45, 7) is 2.51. The van der Waals surface area contributed by atoms with Crippen molar-refractivity contribution in [2.75, 3.05) is 6.54 Å². The lowest BCUT2D eigenvalue weighted by Gasteiger charge is -2.41. The van der Waals surface area contributed by atoms with Crippen LogP contribution in [-0.4, -0.2) is 35.6 Å². The molecule has 2 fully saturated rings. The number of nitrogens with two attached hydrogens (primary N) is 1. The van der Waals surface area contributed by atoms with E-state index >= 15 is 0 Å². The highest BCUT2D eigenvalue weighted by molar-refractivity contribution is 5.85. The average Bonchev–Trinajstić information content (AvgIpc) is 2.45. The van der Waals surface area contributed by atoms with Crippen LogP contribution >= 0.6 is 12.4 Å². The fourth-order valence-electron chi connectivity index (χ4n) is 3.72. The Kier molecular flexibility index (Phi) is 6.99. The van der Waals surface area contributed by atoms with Crippen molar-refractivity contribution in [3.63, 3.8) is 0 Å². The summed E-state index contributed by atoms with van der Waals surface area (Å²) in [4.78, 5) is 14.4. The van der Waals surface area contributed by atoms with Crippen molar-refractivity contribution in [3.8, 4) is 0 Å². The molecular weight excluding hydrogens is 317 g/mol. The number of hydrogen-bond acceptors (Lipinski definition) is 2. The molecule has 22 heavy (non-hydrogen) atoms. The van der Waals surface area contributed by atoms with Gasteiger partial charge in [-0.05, 0) is 45.4 Å². The molecule has 1 aliphatic carbocycles. The second-order valence-electron chi connectivity index (χ2n) is 6.56. The van der Waals surface area contributed by atoms with Gasteiger partial charge in [0.1, 0.15) is 0 Å². The standard InChI is InChI=1S/C15H25F3N2O.ClH/c1-10(19)13-7-2-3-8-20(13)14(21)11-5-4-6-12(9-11)15(16,17)18;/h10-13H,2-9,19H2,1H3;1H. The van der Waals surface area contributed by atoms with Gasteiger partial charge < -0.3 is 10.6 Å². The third-order valence-corrected chi connectivity index (χ3v) is 4.93. The van der Waals surface area contributed by atoms with Gasteiger partial charge in [0, 0.05) is 24.5 Å². The second kappa shape index (κ2) is 7.86. The van der Waals surface area contributed by atoms with Crippen molar-refractivity contribution >= 4 is 18.3 Å². The number of piperidine rings is 1. The van der Waals surface area contributed by atoms with Gasteiger partial charge in [-0.2, -0.15) is 13.2 Å². The number of carbonyl (C=O) groups is 1. The monoisotopic (exact) mass is 342 g/mol. The summed E-state index contributed by atoms with van der Waals surface area (Å²) < 4.78 is 38.6. The predicted molar refractivity (Wildman–Crippen MR) is 81.8 cm³/mol. The first-order chi connectivity index (χ1) is 9.80. The highest BCUT2D eigenvalue weighted by atomic mass is 35.5.